The first-order valence-corrected chi connectivity index (χ1v) is 6.39. The Morgan fingerprint density at radius 1 is 1.26 bits per heavy atom. The molecule has 1 amide bonds. The molecule has 0 saturated carbocycles. The zero-order valence-electron chi connectivity index (χ0n) is 10.2. The number of hydrogen-bond donors (Lipinski definition) is 2. The highest BCUT2D eigenvalue weighted by Gasteiger charge is 2.08. The number of aryl methyl sites for hydroxylation is 1. The number of anilines is 2. The molecule has 0 aliphatic rings. The van der Waals surface area contributed by atoms with Gasteiger partial charge in [-0.05, 0) is 64.8 Å². The number of halogens is 2. The van der Waals surface area contributed by atoms with E-state index in [0.29, 0.717) is 22.5 Å². The summed E-state index contributed by atoms with van der Waals surface area (Å²) in [5.41, 5.74) is 7.69. The monoisotopic (exact) mass is 322 g/mol. The second-order valence-electron chi connectivity index (χ2n) is 4.15. The van der Waals surface area contributed by atoms with E-state index in [2.05, 4.69) is 21.2 Å². The van der Waals surface area contributed by atoms with Crippen molar-refractivity contribution < 1.29 is 9.18 Å². The maximum Gasteiger partial charge on any atom is 0.255 e. The lowest BCUT2D eigenvalue weighted by Gasteiger charge is -2.08. The Kier molecular flexibility index (Phi) is 3.85. The minimum Gasteiger partial charge on any atom is -0.398 e. The standard InChI is InChI=1S/C14H12BrFN2O/c1-8-6-9(2-5-12(8)16)14(19)18-10-3-4-11(15)13(17)7-10/h2-7H,17H2,1H3,(H,18,19). The smallest absolute Gasteiger partial charge is 0.255 e. The number of hydrogen-bond acceptors (Lipinski definition) is 2. The quantitative estimate of drug-likeness (QED) is 0.828. The van der Waals surface area contributed by atoms with Gasteiger partial charge in [-0.15, -0.1) is 0 Å². The summed E-state index contributed by atoms with van der Waals surface area (Å²) in [5.74, 6) is -0.630. The molecule has 2 aromatic carbocycles. The fourth-order valence-electron chi connectivity index (χ4n) is 1.61. The molecule has 0 spiro atoms. The van der Waals surface area contributed by atoms with Gasteiger partial charge in [-0.25, -0.2) is 4.39 Å². The van der Waals surface area contributed by atoms with Crippen LogP contribution in [0.1, 0.15) is 15.9 Å². The number of rotatable bonds is 2. The van der Waals surface area contributed by atoms with Crippen LogP contribution in [-0.4, -0.2) is 5.91 Å². The Hall–Kier alpha value is -1.88. The summed E-state index contributed by atoms with van der Waals surface area (Å²) < 4.78 is 13.9. The van der Waals surface area contributed by atoms with Crippen molar-refractivity contribution in [3.05, 3.63) is 57.8 Å². The van der Waals surface area contributed by atoms with Crippen LogP contribution in [-0.2, 0) is 0 Å². The van der Waals surface area contributed by atoms with Crippen LogP contribution in [0, 0.1) is 12.7 Å². The summed E-state index contributed by atoms with van der Waals surface area (Å²) >= 11 is 3.28. The Bertz CT molecular complexity index is 643. The predicted octanol–water partition coefficient (Wildman–Crippen LogP) is 3.73. The van der Waals surface area contributed by atoms with E-state index >= 15 is 0 Å². The van der Waals surface area contributed by atoms with Crippen LogP contribution in [0.5, 0.6) is 0 Å². The topological polar surface area (TPSA) is 55.1 Å². The van der Waals surface area contributed by atoms with Crippen LogP contribution < -0.4 is 11.1 Å². The van der Waals surface area contributed by atoms with E-state index < -0.39 is 0 Å². The number of carbonyl (C=O) groups excluding carboxylic acids is 1. The van der Waals surface area contributed by atoms with E-state index in [1.54, 1.807) is 25.1 Å². The predicted molar refractivity (Wildman–Crippen MR) is 77.6 cm³/mol. The maximum atomic E-state index is 13.1. The lowest BCUT2D eigenvalue weighted by molar-refractivity contribution is 0.102. The lowest BCUT2D eigenvalue weighted by atomic mass is 10.1. The maximum absolute atomic E-state index is 13.1. The van der Waals surface area contributed by atoms with Gasteiger partial charge in [-0.2, -0.15) is 0 Å². The number of nitrogens with one attached hydrogen (secondary N) is 1. The van der Waals surface area contributed by atoms with Crippen LogP contribution in [0.3, 0.4) is 0 Å². The molecule has 19 heavy (non-hydrogen) atoms. The average molecular weight is 323 g/mol. The molecule has 98 valence electrons. The fourth-order valence-corrected chi connectivity index (χ4v) is 1.86. The molecular weight excluding hydrogens is 311 g/mol. The van der Waals surface area contributed by atoms with Gasteiger partial charge in [-0.1, -0.05) is 0 Å². The second kappa shape index (κ2) is 5.40. The summed E-state index contributed by atoms with van der Waals surface area (Å²) in [6, 6.07) is 9.36. The highest BCUT2D eigenvalue weighted by molar-refractivity contribution is 9.10. The summed E-state index contributed by atoms with van der Waals surface area (Å²) in [6.45, 7) is 1.61. The molecule has 0 aromatic heterocycles. The van der Waals surface area contributed by atoms with Crippen molar-refractivity contribution in [3.63, 3.8) is 0 Å². The molecule has 3 nitrogen and oxygen atoms in total. The van der Waals surface area contributed by atoms with Crippen molar-refractivity contribution in [1.29, 1.82) is 0 Å². The van der Waals surface area contributed by atoms with Crippen molar-refractivity contribution in [2.24, 2.45) is 0 Å². The minimum absolute atomic E-state index is 0.301. The van der Waals surface area contributed by atoms with Crippen molar-refractivity contribution >= 4 is 33.2 Å². The molecule has 3 N–H and O–H groups in total. The Labute approximate surface area is 118 Å². The van der Waals surface area contributed by atoms with E-state index in [-0.39, 0.29) is 11.7 Å². The lowest BCUT2D eigenvalue weighted by Crippen LogP contribution is -2.12. The third-order valence-corrected chi connectivity index (χ3v) is 3.40. The molecule has 5 heteroatoms. The zero-order chi connectivity index (χ0) is 14.0. The first kappa shape index (κ1) is 13.5. The number of nitrogen functional groups attached to an aromatic ring is 1. The summed E-state index contributed by atoms with van der Waals surface area (Å²) in [4.78, 5) is 12.0. The molecule has 0 atom stereocenters. The SMILES string of the molecule is Cc1cc(C(=O)Nc2ccc(Br)c(N)c2)ccc1F. The van der Waals surface area contributed by atoms with Gasteiger partial charge in [-0.3, -0.25) is 4.79 Å². The highest BCUT2D eigenvalue weighted by Crippen LogP contribution is 2.23. The van der Waals surface area contributed by atoms with E-state index in [9.17, 15) is 9.18 Å². The number of amides is 1. The van der Waals surface area contributed by atoms with Crippen LogP contribution in [0.25, 0.3) is 0 Å². The third-order valence-electron chi connectivity index (χ3n) is 2.67. The normalized spacial score (nSPS) is 10.3. The molecular formula is C14H12BrFN2O. The van der Waals surface area contributed by atoms with Crippen LogP contribution in [0.4, 0.5) is 15.8 Å². The zero-order valence-corrected chi connectivity index (χ0v) is 11.8. The number of nitrogens with two attached hydrogens (primary N) is 1. The first-order chi connectivity index (χ1) is 8.97. The van der Waals surface area contributed by atoms with Crippen molar-refractivity contribution in [3.8, 4) is 0 Å². The number of benzene rings is 2. The molecule has 0 unspecified atom stereocenters. The van der Waals surface area contributed by atoms with E-state index in [1.165, 1.54) is 18.2 Å². The van der Waals surface area contributed by atoms with Gasteiger partial charge in [0.15, 0.2) is 0 Å². The molecule has 0 fully saturated rings. The van der Waals surface area contributed by atoms with Crippen molar-refractivity contribution in [2.75, 3.05) is 11.1 Å². The fraction of sp³-hybridized carbons (Fsp3) is 0.0714. The van der Waals surface area contributed by atoms with Crippen LogP contribution >= 0.6 is 15.9 Å². The van der Waals surface area contributed by atoms with Gasteiger partial charge in [0, 0.05) is 21.4 Å². The van der Waals surface area contributed by atoms with Gasteiger partial charge < -0.3 is 11.1 Å². The largest absolute Gasteiger partial charge is 0.398 e. The third kappa shape index (κ3) is 3.12. The van der Waals surface area contributed by atoms with Gasteiger partial charge in [0.25, 0.3) is 5.91 Å². The first-order valence-electron chi connectivity index (χ1n) is 5.60. The Balaban J connectivity index is 2.20. The Morgan fingerprint density at radius 3 is 2.63 bits per heavy atom. The molecule has 0 aliphatic carbocycles. The summed E-state index contributed by atoms with van der Waals surface area (Å²) in [5, 5.41) is 2.71. The summed E-state index contributed by atoms with van der Waals surface area (Å²) in [6.07, 6.45) is 0. The Morgan fingerprint density at radius 2 is 2.00 bits per heavy atom. The minimum atomic E-state index is -0.329. The molecule has 2 aromatic rings. The molecule has 0 aliphatic heterocycles. The van der Waals surface area contributed by atoms with E-state index in [4.69, 9.17) is 5.73 Å². The molecule has 0 saturated heterocycles. The molecule has 0 bridgehead atoms. The van der Waals surface area contributed by atoms with E-state index in [1.807, 2.05) is 0 Å². The summed E-state index contributed by atoms with van der Waals surface area (Å²) in [7, 11) is 0. The van der Waals surface area contributed by atoms with Crippen LogP contribution in [0.2, 0.25) is 0 Å². The molecule has 0 radical (unpaired) electrons. The molecule has 0 heterocycles. The second-order valence-corrected chi connectivity index (χ2v) is 5.01. The highest BCUT2D eigenvalue weighted by atomic mass is 79.9. The molecule has 2 rings (SSSR count). The van der Waals surface area contributed by atoms with Crippen LogP contribution in [0.15, 0.2) is 40.9 Å². The van der Waals surface area contributed by atoms with Gasteiger partial charge >= 0.3 is 0 Å². The van der Waals surface area contributed by atoms with Gasteiger partial charge in [0.2, 0.25) is 0 Å². The van der Waals surface area contributed by atoms with Gasteiger partial charge in [0.05, 0.1) is 0 Å². The van der Waals surface area contributed by atoms with Crippen molar-refractivity contribution in [2.45, 2.75) is 6.92 Å². The van der Waals surface area contributed by atoms with Crippen molar-refractivity contribution in [1.82, 2.24) is 0 Å². The van der Waals surface area contributed by atoms with E-state index in [0.717, 1.165) is 4.47 Å². The number of carbonyl (C=O) groups is 1. The van der Waals surface area contributed by atoms with Gasteiger partial charge in [0.1, 0.15) is 5.82 Å². The average Bonchev–Trinajstić information content (AvgIpc) is 2.37.